The number of piperidine rings is 4. The molecule has 1 aromatic rings. The number of carbonyl (C=O) groups excluding carboxylic acids is 2. The molecule has 2 amide bonds. The third kappa shape index (κ3) is 3.67. The van der Waals surface area contributed by atoms with Gasteiger partial charge in [0.2, 0.25) is 17.8 Å². The summed E-state index contributed by atoms with van der Waals surface area (Å²) in [7, 11) is 0. The number of likely N-dealkylation sites (tertiary alicyclic amines) is 1. The van der Waals surface area contributed by atoms with Gasteiger partial charge in [-0.3, -0.25) is 9.59 Å². The molecule has 4 atom stereocenters. The van der Waals surface area contributed by atoms with E-state index in [-0.39, 0.29) is 5.92 Å². The van der Waals surface area contributed by atoms with Gasteiger partial charge < -0.3 is 14.7 Å². The van der Waals surface area contributed by atoms with Crippen molar-refractivity contribution in [3.8, 4) is 0 Å². The first-order chi connectivity index (χ1) is 14.5. The van der Waals surface area contributed by atoms with Crippen LogP contribution in [-0.2, 0) is 9.59 Å². The summed E-state index contributed by atoms with van der Waals surface area (Å²) < 4.78 is 0. The lowest BCUT2D eigenvalue weighted by Gasteiger charge is -2.53. The molecule has 4 saturated heterocycles. The number of aromatic nitrogens is 2. The molecular formula is C23H33N5O2. The van der Waals surface area contributed by atoms with Crippen LogP contribution in [0.25, 0.3) is 0 Å². The summed E-state index contributed by atoms with van der Waals surface area (Å²) in [5.74, 6) is 2.30. The lowest BCUT2D eigenvalue weighted by Crippen LogP contribution is -2.62. The maximum atomic E-state index is 13.5. The zero-order valence-electron chi connectivity index (χ0n) is 18.2. The Balaban J connectivity index is 1.27. The van der Waals surface area contributed by atoms with E-state index in [1.54, 1.807) is 0 Å². The largest absolute Gasteiger partial charge is 0.342 e. The maximum Gasteiger partial charge on any atom is 0.227 e. The van der Waals surface area contributed by atoms with Gasteiger partial charge in [-0.25, -0.2) is 9.97 Å². The van der Waals surface area contributed by atoms with Gasteiger partial charge in [-0.1, -0.05) is 0 Å². The summed E-state index contributed by atoms with van der Waals surface area (Å²) in [5, 5.41) is 0. The molecule has 4 unspecified atom stereocenters. The van der Waals surface area contributed by atoms with E-state index >= 15 is 0 Å². The summed E-state index contributed by atoms with van der Waals surface area (Å²) in [4.78, 5) is 41.6. The van der Waals surface area contributed by atoms with Crippen molar-refractivity contribution in [2.24, 2.45) is 17.8 Å². The van der Waals surface area contributed by atoms with Crippen LogP contribution in [0.15, 0.2) is 6.07 Å². The highest BCUT2D eigenvalue weighted by Crippen LogP contribution is 2.38. The normalized spacial score (nSPS) is 31.5. The molecule has 0 saturated carbocycles. The summed E-state index contributed by atoms with van der Waals surface area (Å²) in [6.07, 6.45) is 5.93. The van der Waals surface area contributed by atoms with Crippen molar-refractivity contribution in [3.05, 3.63) is 17.5 Å². The zero-order valence-corrected chi connectivity index (χ0v) is 18.2. The average Bonchev–Trinajstić information content (AvgIpc) is 2.73. The fourth-order valence-electron chi connectivity index (χ4n) is 6.26. The number of carbonyl (C=O) groups is 2. The van der Waals surface area contributed by atoms with Gasteiger partial charge in [-0.15, -0.1) is 0 Å². The molecule has 0 radical (unpaired) electrons. The number of fused-ring (bicyclic) bond motifs is 4. The summed E-state index contributed by atoms with van der Waals surface area (Å²) >= 11 is 0. The van der Waals surface area contributed by atoms with Crippen molar-refractivity contribution < 1.29 is 9.59 Å². The molecule has 30 heavy (non-hydrogen) atoms. The minimum atomic E-state index is 0.0195. The van der Waals surface area contributed by atoms with Gasteiger partial charge in [0.25, 0.3) is 0 Å². The highest BCUT2D eigenvalue weighted by molar-refractivity contribution is 5.80. The van der Waals surface area contributed by atoms with E-state index < -0.39 is 0 Å². The van der Waals surface area contributed by atoms with E-state index in [9.17, 15) is 9.59 Å². The van der Waals surface area contributed by atoms with Crippen LogP contribution >= 0.6 is 0 Å². The number of aryl methyl sites for hydroxylation is 2. The third-order valence-electron chi connectivity index (χ3n) is 7.52. The van der Waals surface area contributed by atoms with Crippen LogP contribution in [0.5, 0.6) is 0 Å². The van der Waals surface area contributed by atoms with Crippen molar-refractivity contribution >= 4 is 17.8 Å². The number of nitrogens with zero attached hydrogens (tertiary/aromatic N) is 5. The Morgan fingerprint density at radius 3 is 2.63 bits per heavy atom. The van der Waals surface area contributed by atoms with Gasteiger partial charge >= 0.3 is 0 Å². The first kappa shape index (κ1) is 19.8. The topological polar surface area (TPSA) is 69.6 Å². The molecule has 4 fully saturated rings. The predicted octanol–water partition coefficient (Wildman–Crippen LogP) is 2.17. The van der Waals surface area contributed by atoms with Crippen molar-refractivity contribution in [2.45, 2.75) is 58.4 Å². The second-order valence-electron chi connectivity index (χ2n) is 9.85. The monoisotopic (exact) mass is 411 g/mol. The van der Waals surface area contributed by atoms with E-state index in [0.717, 1.165) is 69.2 Å². The van der Waals surface area contributed by atoms with Gasteiger partial charge in [0.1, 0.15) is 0 Å². The van der Waals surface area contributed by atoms with Crippen LogP contribution in [0.2, 0.25) is 0 Å². The minimum Gasteiger partial charge on any atom is -0.342 e. The molecule has 4 aliphatic rings. The molecule has 5 heterocycles. The number of rotatable bonds is 2. The Morgan fingerprint density at radius 1 is 1.03 bits per heavy atom. The quantitative estimate of drug-likeness (QED) is 0.746. The number of hydrogen-bond acceptors (Lipinski definition) is 5. The molecule has 2 bridgehead atoms. The maximum absolute atomic E-state index is 13.5. The van der Waals surface area contributed by atoms with Crippen LogP contribution in [0, 0.1) is 31.6 Å². The third-order valence-corrected chi connectivity index (χ3v) is 7.52. The van der Waals surface area contributed by atoms with Gasteiger partial charge in [0, 0.05) is 56.6 Å². The summed E-state index contributed by atoms with van der Waals surface area (Å²) in [6.45, 7) is 8.09. The molecule has 7 heteroatoms. The number of hydrogen-bond donors (Lipinski definition) is 0. The fourth-order valence-corrected chi connectivity index (χ4v) is 6.26. The first-order valence-electron chi connectivity index (χ1n) is 11.6. The Kier molecular flexibility index (Phi) is 5.15. The molecule has 0 spiro atoms. The second-order valence-corrected chi connectivity index (χ2v) is 9.85. The van der Waals surface area contributed by atoms with Gasteiger partial charge in [-0.05, 0) is 63.9 Å². The van der Waals surface area contributed by atoms with Crippen molar-refractivity contribution in [2.75, 3.05) is 37.6 Å². The molecule has 162 valence electrons. The van der Waals surface area contributed by atoms with Crippen LogP contribution in [0.3, 0.4) is 0 Å². The SMILES string of the molecule is Cc1cc(C)nc(N2CCCC(C(=O)N3CC4CC(C3)C3CCCC(=O)N3C4)C2)n1. The Morgan fingerprint density at radius 2 is 1.83 bits per heavy atom. The molecule has 0 N–H and O–H groups in total. The molecule has 5 rings (SSSR count). The second kappa shape index (κ2) is 7.82. The number of anilines is 1. The smallest absolute Gasteiger partial charge is 0.227 e. The van der Waals surface area contributed by atoms with Crippen molar-refractivity contribution in [3.63, 3.8) is 0 Å². The van der Waals surface area contributed by atoms with E-state index in [0.29, 0.717) is 42.7 Å². The van der Waals surface area contributed by atoms with Crippen LogP contribution in [-0.4, -0.2) is 70.3 Å². The molecule has 7 nitrogen and oxygen atoms in total. The number of amides is 2. The summed E-state index contributed by atoms with van der Waals surface area (Å²) in [5.41, 5.74) is 1.95. The Bertz CT molecular complexity index is 823. The molecular weight excluding hydrogens is 378 g/mol. The molecule has 0 aromatic carbocycles. The lowest BCUT2D eigenvalue weighted by molar-refractivity contribution is -0.150. The van der Waals surface area contributed by atoms with E-state index in [1.165, 1.54) is 6.42 Å². The fraction of sp³-hybridized carbons (Fsp3) is 0.739. The van der Waals surface area contributed by atoms with Crippen LogP contribution < -0.4 is 4.90 Å². The van der Waals surface area contributed by atoms with Gasteiger partial charge in [0.15, 0.2) is 0 Å². The van der Waals surface area contributed by atoms with E-state index in [2.05, 4.69) is 24.7 Å². The molecule has 1 aromatic heterocycles. The Hall–Kier alpha value is -2.18. The van der Waals surface area contributed by atoms with Gasteiger partial charge in [-0.2, -0.15) is 0 Å². The van der Waals surface area contributed by atoms with Crippen molar-refractivity contribution in [1.82, 2.24) is 19.8 Å². The molecule has 4 aliphatic heterocycles. The molecule has 0 aliphatic carbocycles. The van der Waals surface area contributed by atoms with Crippen LogP contribution in [0.4, 0.5) is 5.95 Å². The first-order valence-corrected chi connectivity index (χ1v) is 11.6. The summed E-state index contributed by atoms with van der Waals surface area (Å²) in [6, 6.07) is 2.34. The predicted molar refractivity (Wildman–Crippen MR) is 114 cm³/mol. The average molecular weight is 412 g/mol. The Labute approximate surface area is 178 Å². The zero-order chi connectivity index (χ0) is 20.8. The van der Waals surface area contributed by atoms with E-state index in [1.807, 2.05) is 19.9 Å². The van der Waals surface area contributed by atoms with Crippen molar-refractivity contribution in [1.29, 1.82) is 0 Å². The van der Waals surface area contributed by atoms with Crippen LogP contribution in [0.1, 0.15) is 49.9 Å². The highest BCUT2D eigenvalue weighted by atomic mass is 16.2. The lowest BCUT2D eigenvalue weighted by atomic mass is 9.75. The van der Waals surface area contributed by atoms with E-state index in [4.69, 9.17) is 0 Å². The standard InChI is InChI=1S/C23H33N5O2/c1-15-9-16(2)25-23(24-15)26-8-4-5-18(13-26)22(30)27-11-17-10-19(14-27)20-6-3-7-21(29)28(20)12-17/h9,17-20H,3-8,10-14H2,1-2H3. The van der Waals surface area contributed by atoms with Gasteiger partial charge in [0.05, 0.1) is 5.92 Å². The minimum absolute atomic E-state index is 0.0195. The highest BCUT2D eigenvalue weighted by Gasteiger charge is 2.45.